The maximum atomic E-state index is 12.7. The summed E-state index contributed by atoms with van der Waals surface area (Å²) >= 11 is 12.4. The van der Waals surface area contributed by atoms with E-state index >= 15 is 0 Å². The Morgan fingerprint density at radius 1 is 0.933 bits per heavy atom. The first kappa shape index (κ1) is 20.5. The summed E-state index contributed by atoms with van der Waals surface area (Å²) < 4.78 is 33.6. The fraction of sp³-hybridized carbons (Fsp3) is 0.0455. The van der Waals surface area contributed by atoms with Crippen molar-refractivity contribution < 1.29 is 13.2 Å². The highest BCUT2D eigenvalue weighted by molar-refractivity contribution is 7.92. The summed E-state index contributed by atoms with van der Waals surface area (Å²) in [4.78, 5) is 4.34. The molecule has 0 spiro atoms. The summed E-state index contributed by atoms with van der Waals surface area (Å²) in [7, 11) is -3.86. The quantitative estimate of drug-likeness (QED) is 0.373. The van der Waals surface area contributed by atoms with E-state index in [1.54, 1.807) is 30.5 Å². The predicted octanol–water partition coefficient (Wildman–Crippen LogP) is 6.44. The molecule has 30 heavy (non-hydrogen) atoms. The number of sulfonamides is 1. The second kappa shape index (κ2) is 8.14. The Balaban J connectivity index is 1.56. The molecule has 0 atom stereocenters. The van der Waals surface area contributed by atoms with Gasteiger partial charge in [0, 0.05) is 5.39 Å². The molecule has 8 heteroatoms. The van der Waals surface area contributed by atoms with Crippen LogP contribution in [-0.2, 0) is 10.0 Å². The van der Waals surface area contributed by atoms with Gasteiger partial charge in [0.1, 0.15) is 16.4 Å². The van der Waals surface area contributed by atoms with Crippen LogP contribution in [-0.4, -0.2) is 13.4 Å². The molecule has 4 aromatic rings. The molecule has 4 rings (SSSR count). The van der Waals surface area contributed by atoms with Gasteiger partial charge in [-0.15, -0.1) is 0 Å². The van der Waals surface area contributed by atoms with Crippen molar-refractivity contribution in [3.8, 4) is 11.5 Å². The van der Waals surface area contributed by atoms with Gasteiger partial charge in [0.05, 0.1) is 27.4 Å². The molecular formula is C22H16Cl2N2O3S. The molecule has 0 saturated heterocycles. The number of hydrogen-bond acceptors (Lipinski definition) is 4. The number of anilines is 1. The van der Waals surface area contributed by atoms with Crippen molar-refractivity contribution in [3.63, 3.8) is 0 Å². The minimum Gasteiger partial charge on any atom is -0.454 e. The van der Waals surface area contributed by atoms with Crippen molar-refractivity contribution in [1.82, 2.24) is 4.98 Å². The van der Waals surface area contributed by atoms with E-state index in [4.69, 9.17) is 27.9 Å². The summed E-state index contributed by atoms with van der Waals surface area (Å²) in [5.41, 5.74) is 2.02. The lowest BCUT2D eigenvalue weighted by Crippen LogP contribution is -2.13. The van der Waals surface area contributed by atoms with E-state index in [-0.39, 0.29) is 14.9 Å². The number of para-hydroxylation sites is 1. The van der Waals surface area contributed by atoms with Gasteiger partial charge < -0.3 is 4.74 Å². The van der Waals surface area contributed by atoms with Gasteiger partial charge in [-0.2, -0.15) is 0 Å². The van der Waals surface area contributed by atoms with Crippen molar-refractivity contribution in [2.75, 3.05) is 4.72 Å². The van der Waals surface area contributed by atoms with Gasteiger partial charge in [0.2, 0.25) is 0 Å². The molecule has 1 heterocycles. The summed E-state index contributed by atoms with van der Waals surface area (Å²) in [6, 6.07) is 18.9. The SMILES string of the molecule is Cc1ccc(S(=O)(=O)Nc2ccc(Oc3cnc4ccccc4c3)c(Cl)c2)c(Cl)c1. The number of aromatic nitrogens is 1. The Labute approximate surface area is 184 Å². The van der Waals surface area contributed by atoms with Crippen LogP contribution in [0.4, 0.5) is 5.69 Å². The zero-order valence-corrected chi connectivity index (χ0v) is 18.1. The van der Waals surface area contributed by atoms with Gasteiger partial charge in [-0.3, -0.25) is 9.71 Å². The van der Waals surface area contributed by atoms with Crippen LogP contribution in [0.5, 0.6) is 11.5 Å². The van der Waals surface area contributed by atoms with Crippen LogP contribution in [0.1, 0.15) is 5.56 Å². The maximum Gasteiger partial charge on any atom is 0.263 e. The molecule has 152 valence electrons. The summed E-state index contributed by atoms with van der Waals surface area (Å²) in [6.45, 7) is 1.83. The van der Waals surface area contributed by atoms with E-state index in [1.807, 2.05) is 37.3 Å². The maximum absolute atomic E-state index is 12.7. The summed E-state index contributed by atoms with van der Waals surface area (Å²) in [6.07, 6.45) is 1.61. The smallest absolute Gasteiger partial charge is 0.263 e. The Morgan fingerprint density at radius 2 is 1.73 bits per heavy atom. The van der Waals surface area contributed by atoms with Gasteiger partial charge in [-0.25, -0.2) is 8.42 Å². The number of pyridine rings is 1. The highest BCUT2D eigenvalue weighted by Gasteiger charge is 2.18. The fourth-order valence-electron chi connectivity index (χ4n) is 2.91. The molecule has 0 aliphatic rings. The molecular weight excluding hydrogens is 443 g/mol. The van der Waals surface area contributed by atoms with Crippen molar-refractivity contribution in [3.05, 3.63) is 88.5 Å². The normalized spacial score (nSPS) is 11.4. The van der Waals surface area contributed by atoms with Crippen LogP contribution in [0.2, 0.25) is 10.0 Å². The molecule has 0 radical (unpaired) electrons. The molecule has 5 nitrogen and oxygen atoms in total. The first-order valence-electron chi connectivity index (χ1n) is 8.93. The first-order chi connectivity index (χ1) is 14.3. The average Bonchev–Trinajstić information content (AvgIpc) is 2.69. The van der Waals surface area contributed by atoms with Gasteiger partial charge in [0.25, 0.3) is 10.0 Å². The highest BCUT2D eigenvalue weighted by Crippen LogP contribution is 2.33. The van der Waals surface area contributed by atoms with E-state index in [1.165, 1.54) is 12.1 Å². The minimum absolute atomic E-state index is 0.00606. The fourth-order valence-corrected chi connectivity index (χ4v) is 4.78. The number of nitrogens with zero attached hydrogens (tertiary/aromatic N) is 1. The molecule has 0 fully saturated rings. The lowest BCUT2D eigenvalue weighted by molar-refractivity contribution is 0.481. The molecule has 1 aromatic heterocycles. The Bertz CT molecular complexity index is 1360. The third kappa shape index (κ3) is 4.36. The topological polar surface area (TPSA) is 68.3 Å². The van der Waals surface area contributed by atoms with Crippen molar-refractivity contribution in [1.29, 1.82) is 0 Å². The molecule has 0 aliphatic heterocycles. The second-order valence-corrected chi connectivity index (χ2v) is 9.12. The van der Waals surface area contributed by atoms with Crippen LogP contribution < -0.4 is 9.46 Å². The molecule has 0 unspecified atom stereocenters. The zero-order valence-electron chi connectivity index (χ0n) is 15.8. The van der Waals surface area contributed by atoms with Gasteiger partial charge >= 0.3 is 0 Å². The van der Waals surface area contributed by atoms with Crippen LogP contribution in [0, 0.1) is 6.92 Å². The van der Waals surface area contributed by atoms with Crippen molar-refractivity contribution in [2.45, 2.75) is 11.8 Å². The van der Waals surface area contributed by atoms with Gasteiger partial charge in [-0.05, 0) is 55.0 Å². The molecule has 1 N–H and O–H groups in total. The van der Waals surface area contributed by atoms with Crippen LogP contribution in [0.15, 0.2) is 77.8 Å². The molecule has 0 aliphatic carbocycles. The number of rotatable bonds is 5. The molecule has 0 amide bonds. The predicted molar refractivity (Wildman–Crippen MR) is 120 cm³/mol. The summed E-state index contributed by atoms with van der Waals surface area (Å²) in [5, 5.41) is 1.33. The standard InChI is InChI=1S/C22H16Cl2N2O3S/c1-14-6-9-22(19(24)10-14)30(27,28)26-16-7-8-21(18(23)12-16)29-17-11-15-4-2-3-5-20(15)25-13-17/h2-13,26H,1H3. The average molecular weight is 459 g/mol. The molecule has 0 saturated carbocycles. The third-order valence-electron chi connectivity index (χ3n) is 4.35. The second-order valence-electron chi connectivity index (χ2n) is 6.65. The zero-order chi connectivity index (χ0) is 21.3. The largest absolute Gasteiger partial charge is 0.454 e. The van der Waals surface area contributed by atoms with Gasteiger partial charge in [-0.1, -0.05) is 47.5 Å². The lowest BCUT2D eigenvalue weighted by Gasteiger charge is -2.12. The van der Waals surface area contributed by atoms with Crippen molar-refractivity contribution >= 4 is 49.8 Å². The van der Waals surface area contributed by atoms with Crippen LogP contribution in [0.25, 0.3) is 10.9 Å². The Kier molecular flexibility index (Phi) is 5.56. The number of benzene rings is 3. The van der Waals surface area contributed by atoms with E-state index in [0.29, 0.717) is 17.2 Å². The number of ether oxygens (including phenoxy) is 1. The number of aryl methyl sites for hydroxylation is 1. The number of halogens is 2. The van der Waals surface area contributed by atoms with E-state index in [0.717, 1.165) is 16.5 Å². The minimum atomic E-state index is -3.86. The number of fused-ring (bicyclic) bond motifs is 1. The Hall–Kier alpha value is -2.80. The highest BCUT2D eigenvalue weighted by atomic mass is 35.5. The van der Waals surface area contributed by atoms with Crippen molar-refractivity contribution in [2.24, 2.45) is 0 Å². The molecule has 0 bridgehead atoms. The van der Waals surface area contributed by atoms with E-state index in [9.17, 15) is 8.42 Å². The van der Waals surface area contributed by atoms with Crippen LogP contribution in [0.3, 0.4) is 0 Å². The monoisotopic (exact) mass is 458 g/mol. The lowest BCUT2D eigenvalue weighted by atomic mass is 10.2. The van der Waals surface area contributed by atoms with E-state index < -0.39 is 10.0 Å². The Morgan fingerprint density at radius 3 is 2.50 bits per heavy atom. The van der Waals surface area contributed by atoms with Gasteiger partial charge in [0.15, 0.2) is 0 Å². The summed E-state index contributed by atoms with van der Waals surface area (Å²) in [5.74, 6) is 0.903. The van der Waals surface area contributed by atoms with Crippen LogP contribution >= 0.6 is 23.2 Å². The number of hydrogen-bond donors (Lipinski definition) is 1. The third-order valence-corrected chi connectivity index (χ3v) is 6.51. The first-order valence-corrected chi connectivity index (χ1v) is 11.2. The number of nitrogens with one attached hydrogen (secondary N) is 1. The molecule has 3 aromatic carbocycles. The van der Waals surface area contributed by atoms with E-state index in [2.05, 4.69) is 9.71 Å².